The molecule has 0 aromatic heterocycles. The molecular weight excluding hydrogens is 473 g/mol. The number of aromatic hydroxyl groups is 2. The molecule has 0 saturated heterocycles. The molecule has 8 nitrogen and oxygen atoms in total. The SMILES string of the molecule is CC(C)(C)C(=O)Cc1ccccc1O.CC(C)(C)C(=O)Cl.Nc1ccccc1O.O=C([O-])O.[Na+]. The number of anilines is 1. The van der Waals surface area contributed by atoms with Crippen LogP contribution in [0.4, 0.5) is 10.5 Å². The van der Waals surface area contributed by atoms with Crippen LogP contribution in [0.5, 0.6) is 11.5 Å². The number of rotatable bonds is 2. The number of halogens is 1. The molecule has 0 spiro atoms. The van der Waals surface area contributed by atoms with Crippen molar-refractivity contribution in [2.75, 3.05) is 5.73 Å². The quantitative estimate of drug-likeness (QED) is 0.205. The van der Waals surface area contributed by atoms with Crippen LogP contribution in [0.25, 0.3) is 0 Å². The zero-order chi connectivity index (χ0) is 26.4. The number of para-hydroxylation sites is 3. The van der Waals surface area contributed by atoms with Gasteiger partial charge in [-0.25, -0.2) is 0 Å². The minimum atomic E-state index is -2.08. The first-order chi connectivity index (χ1) is 14.9. The summed E-state index contributed by atoms with van der Waals surface area (Å²) in [4.78, 5) is 30.4. The van der Waals surface area contributed by atoms with Crippen molar-refractivity contribution in [1.82, 2.24) is 0 Å². The van der Waals surface area contributed by atoms with Gasteiger partial charge in [-0.1, -0.05) is 71.9 Å². The predicted octanol–water partition coefficient (Wildman–Crippen LogP) is 1.21. The Labute approximate surface area is 228 Å². The minimum Gasteiger partial charge on any atom is -0.565 e. The van der Waals surface area contributed by atoms with E-state index in [4.69, 9.17) is 37.4 Å². The first-order valence-electron chi connectivity index (χ1n) is 9.83. The Morgan fingerprint density at radius 3 is 1.47 bits per heavy atom. The third-order valence-corrected chi connectivity index (χ3v) is 4.27. The fourth-order valence-corrected chi connectivity index (χ4v) is 1.59. The van der Waals surface area contributed by atoms with Crippen molar-refractivity contribution >= 4 is 34.5 Å². The van der Waals surface area contributed by atoms with Gasteiger partial charge in [0.1, 0.15) is 17.3 Å². The van der Waals surface area contributed by atoms with E-state index in [0.717, 1.165) is 0 Å². The van der Waals surface area contributed by atoms with Crippen molar-refractivity contribution < 1.29 is 64.4 Å². The van der Waals surface area contributed by atoms with Crippen LogP contribution in [-0.2, 0) is 16.0 Å². The Hall–Kier alpha value is -2.26. The molecular formula is C24H33ClNNaO7. The van der Waals surface area contributed by atoms with Crippen LogP contribution in [0.3, 0.4) is 0 Å². The predicted molar refractivity (Wildman–Crippen MR) is 127 cm³/mol. The molecule has 2 aromatic carbocycles. The first kappa shape index (κ1) is 36.3. The van der Waals surface area contributed by atoms with Gasteiger partial charge in [-0.3, -0.25) is 9.59 Å². The molecule has 0 fully saturated rings. The number of nitrogens with two attached hydrogens (primary N) is 1. The van der Waals surface area contributed by atoms with Crippen LogP contribution in [0.15, 0.2) is 48.5 Å². The van der Waals surface area contributed by atoms with Gasteiger partial charge in [-0.15, -0.1) is 0 Å². The maximum absolute atomic E-state index is 11.7. The van der Waals surface area contributed by atoms with Gasteiger partial charge in [0.05, 0.1) is 5.69 Å². The van der Waals surface area contributed by atoms with Crippen LogP contribution in [0.2, 0.25) is 0 Å². The molecule has 2 aromatic rings. The van der Waals surface area contributed by atoms with Crippen LogP contribution < -0.4 is 40.4 Å². The second kappa shape index (κ2) is 17.2. The third-order valence-electron chi connectivity index (χ3n) is 3.71. The number of benzene rings is 2. The number of hydrogen-bond acceptors (Lipinski definition) is 7. The monoisotopic (exact) mass is 505 g/mol. The minimum absolute atomic E-state index is 0. The van der Waals surface area contributed by atoms with E-state index in [9.17, 15) is 14.7 Å². The zero-order valence-corrected chi connectivity index (χ0v) is 23.5. The molecule has 0 saturated carbocycles. The van der Waals surface area contributed by atoms with E-state index < -0.39 is 6.16 Å². The molecule has 0 unspecified atom stereocenters. The molecule has 0 aliphatic carbocycles. The van der Waals surface area contributed by atoms with E-state index in [1.807, 2.05) is 26.8 Å². The molecule has 0 aliphatic rings. The Morgan fingerprint density at radius 2 is 1.21 bits per heavy atom. The van der Waals surface area contributed by atoms with Crippen molar-refractivity contribution in [1.29, 1.82) is 0 Å². The number of Topliss-reactive ketones (excluding diaryl/α,β-unsaturated/α-hetero) is 1. The summed E-state index contributed by atoms with van der Waals surface area (Å²) in [5.41, 5.74) is 5.68. The molecule has 0 amide bonds. The third kappa shape index (κ3) is 19.2. The van der Waals surface area contributed by atoms with E-state index in [-0.39, 0.29) is 62.9 Å². The largest absolute Gasteiger partial charge is 1.00 e. The van der Waals surface area contributed by atoms with Crippen LogP contribution in [0, 0.1) is 10.8 Å². The molecule has 0 atom stereocenters. The van der Waals surface area contributed by atoms with Crippen molar-refractivity contribution in [3.63, 3.8) is 0 Å². The van der Waals surface area contributed by atoms with Crippen molar-refractivity contribution in [3.8, 4) is 11.5 Å². The fourth-order valence-electron chi connectivity index (χ4n) is 1.59. The van der Waals surface area contributed by atoms with Gasteiger partial charge in [0, 0.05) is 22.8 Å². The van der Waals surface area contributed by atoms with Crippen molar-refractivity contribution in [2.24, 2.45) is 10.8 Å². The smallest absolute Gasteiger partial charge is 0.565 e. The van der Waals surface area contributed by atoms with Crippen molar-refractivity contribution in [3.05, 3.63) is 54.1 Å². The summed E-state index contributed by atoms with van der Waals surface area (Å²) in [6.07, 6.45) is -1.78. The second-order valence-corrected chi connectivity index (χ2v) is 9.17. The summed E-state index contributed by atoms with van der Waals surface area (Å²) in [5.74, 6) is 0.483. The molecule has 0 bridgehead atoms. The second-order valence-electron chi connectivity index (χ2n) is 8.83. The molecule has 2 rings (SSSR count). The summed E-state index contributed by atoms with van der Waals surface area (Å²) in [6, 6.07) is 13.7. The van der Waals surface area contributed by atoms with Crippen LogP contribution in [-0.4, -0.2) is 32.5 Å². The van der Waals surface area contributed by atoms with E-state index in [1.165, 1.54) is 0 Å². The first-order valence-corrected chi connectivity index (χ1v) is 10.2. The van der Waals surface area contributed by atoms with Gasteiger partial charge >= 0.3 is 29.6 Å². The number of carboxylic acid groups (broad SMARTS) is 2. The van der Waals surface area contributed by atoms with E-state index in [1.54, 1.807) is 63.2 Å². The normalized spacial score (nSPS) is 9.85. The summed E-state index contributed by atoms with van der Waals surface area (Å²) in [7, 11) is 0. The maximum atomic E-state index is 11.7. The number of phenols is 2. The van der Waals surface area contributed by atoms with Gasteiger partial charge < -0.3 is 31.0 Å². The Bertz CT molecular complexity index is 882. The molecule has 34 heavy (non-hydrogen) atoms. The van der Waals surface area contributed by atoms with E-state index >= 15 is 0 Å². The Balaban J connectivity index is -0.000000412. The molecule has 5 N–H and O–H groups in total. The number of hydrogen-bond donors (Lipinski definition) is 4. The summed E-state index contributed by atoms with van der Waals surface area (Å²) in [6.45, 7) is 11.0. The maximum Gasteiger partial charge on any atom is 1.00 e. The van der Waals surface area contributed by atoms with E-state index in [0.29, 0.717) is 17.7 Å². The topological polar surface area (TPSA) is 161 Å². The van der Waals surface area contributed by atoms with Gasteiger partial charge in [0.25, 0.3) is 0 Å². The summed E-state index contributed by atoms with van der Waals surface area (Å²) in [5, 5.41) is 33.3. The van der Waals surface area contributed by atoms with Crippen molar-refractivity contribution in [2.45, 2.75) is 48.0 Å². The van der Waals surface area contributed by atoms with Crippen LogP contribution in [0.1, 0.15) is 47.1 Å². The fraction of sp³-hybridized carbons (Fsp3) is 0.375. The number of carbonyl (C=O) groups is 3. The summed E-state index contributed by atoms with van der Waals surface area (Å²) < 4.78 is 0. The molecule has 10 heteroatoms. The summed E-state index contributed by atoms with van der Waals surface area (Å²) >= 11 is 5.11. The number of ketones is 1. The number of nitrogen functional groups attached to an aromatic ring is 1. The number of carbonyl (C=O) groups excluding carboxylic acids is 2. The zero-order valence-electron chi connectivity index (χ0n) is 20.8. The Morgan fingerprint density at radius 1 is 0.853 bits per heavy atom. The van der Waals surface area contributed by atoms with Gasteiger partial charge in [-0.05, 0) is 29.8 Å². The average Bonchev–Trinajstić information content (AvgIpc) is 2.65. The number of phenolic OH excluding ortho intramolecular Hbond substituents is 2. The molecule has 0 heterocycles. The molecule has 0 radical (unpaired) electrons. The molecule has 184 valence electrons. The van der Waals surface area contributed by atoms with Gasteiger partial charge in [-0.2, -0.15) is 0 Å². The Kier molecular flexibility index (Phi) is 18.4. The average molecular weight is 506 g/mol. The van der Waals surface area contributed by atoms with Gasteiger partial charge in [0.2, 0.25) is 11.4 Å². The van der Waals surface area contributed by atoms with E-state index in [2.05, 4.69) is 0 Å². The molecule has 0 aliphatic heterocycles. The van der Waals surface area contributed by atoms with Gasteiger partial charge in [0.15, 0.2) is 0 Å². The van der Waals surface area contributed by atoms with Crippen LogP contribution >= 0.6 is 11.6 Å². The standard InChI is InChI=1S/C12H16O2.C6H7NO.C5H9ClO.CH2O3.Na/c1-12(2,3)11(14)8-9-6-4-5-7-10(9)13;7-5-3-1-2-4-6(5)8;1-5(2,3)4(6)7;2-1(3)4;/h4-7,13H,8H2,1-3H3;1-4,8H,7H2;1-3H3;(H2,2,3,4);/q;;;;+1/p-1.